The van der Waals surface area contributed by atoms with Crippen LogP contribution in [0.1, 0.15) is 32.1 Å². The Balaban J connectivity index is 1.91. The van der Waals surface area contributed by atoms with Crippen molar-refractivity contribution in [3.05, 3.63) is 0 Å². The Hall–Kier alpha value is -1.52. The van der Waals surface area contributed by atoms with Gasteiger partial charge in [0, 0.05) is 0 Å². The molecule has 0 aromatic carbocycles. The van der Waals surface area contributed by atoms with Crippen LogP contribution in [-0.2, 0) is 29.2 Å². The van der Waals surface area contributed by atoms with Crippen molar-refractivity contribution in [1.82, 2.24) is 4.90 Å². The van der Waals surface area contributed by atoms with Crippen LogP contribution in [0.15, 0.2) is 0 Å². The number of rotatable bonds is 4. The van der Waals surface area contributed by atoms with Crippen molar-refractivity contribution >= 4 is 27.9 Å². The summed E-state index contributed by atoms with van der Waals surface area (Å²) in [5.41, 5.74) is 0. The van der Waals surface area contributed by atoms with Crippen LogP contribution in [0.2, 0.25) is 0 Å². The van der Waals surface area contributed by atoms with Gasteiger partial charge < -0.3 is 9.84 Å². The first-order chi connectivity index (χ1) is 10.2. The summed E-state index contributed by atoms with van der Waals surface area (Å²) >= 11 is 0. The van der Waals surface area contributed by atoms with E-state index in [0.29, 0.717) is 30.6 Å². The molecule has 1 aliphatic carbocycles. The molecule has 2 amide bonds. The van der Waals surface area contributed by atoms with E-state index in [9.17, 15) is 27.9 Å². The van der Waals surface area contributed by atoms with Gasteiger partial charge in [-0.3, -0.25) is 23.8 Å². The van der Waals surface area contributed by atoms with Gasteiger partial charge in [-0.1, -0.05) is 0 Å². The van der Waals surface area contributed by atoms with Crippen LogP contribution >= 0.6 is 0 Å². The lowest BCUT2D eigenvalue weighted by atomic mass is 9.95. The number of aliphatic hydroxyl groups excluding tert-OH is 1. The lowest BCUT2D eigenvalue weighted by molar-refractivity contribution is -0.157. The average molecular weight is 335 g/mol. The van der Waals surface area contributed by atoms with Gasteiger partial charge in [-0.15, -0.1) is 0 Å². The quantitative estimate of drug-likeness (QED) is 0.373. The number of nitrogens with zero attached hydrogens (tertiary/aromatic N) is 1. The van der Waals surface area contributed by atoms with E-state index in [-0.39, 0.29) is 6.10 Å². The molecule has 0 aromatic rings. The lowest BCUT2D eigenvalue weighted by Gasteiger charge is -2.25. The van der Waals surface area contributed by atoms with Crippen molar-refractivity contribution in [2.45, 2.75) is 49.6 Å². The van der Waals surface area contributed by atoms with E-state index in [0.717, 1.165) is 0 Å². The largest absolute Gasteiger partial charge is 0.461 e. The fraction of sp³-hybridized carbons (Fsp3) is 0.750. The van der Waals surface area contributed by atoms with E-state index in [4.69, 9.17) is 9.29 Å². The SMILES string of the molecule is O=C(CN1C(=O)CC(S(=O)(=O)O)C1=O)OC1CCC(O)CC1. The van der Waals surface area contributed by atoms with E-state index < -0.39 is 52.2 Å². The second kappa shape index (κ2) is 6.31. The number of likely N-dealkylation sites (tertiary alicyclic amines) is 1. The Labute approximate surface area is 127 Å². The van der Waals surface area contributed by atoms with Crippen LogP contribution in [0, 0.1) is 0 Å². The minimum atomic E-state index is -4.68. The highest BCUT2D eigenvalue weighted by molar-refractivity contribution is 7.87. The first-order valence-corrected chi connectivity index (χ1v) is 8.37. The summed E-state index contributed by atoms with van der Waals surface area (Å²) in [6.07, 6.45) is 0.508. The molecule has 22 heavy (non-hydrogen) atoms. The van der Waals surface area contributed by atoms with E-state index in [2.05, 4.69) is 0 Å². The van der Waals surface area contributed by atoms with Crippen molar-refractivity contribution in [2.75, 3.05) is 6.54 Å². The Morgan fingerprint density at radius 1 is 1.23 bits per heavy atom. The number of hydrogen-bond donors (Lipinski definition) is 2. The zero-order valence-corrected chi connectivity index (χ0v) is 12.5. The summed E-state index contributed by atoms with van der Waals surface area (Å²) in [6.45, 7) is -0.678. The van der Waals surface area contributed by atoms with Crippen molar-refractivity contribution in [3.63, 3.8) is 0 Å². The smallest absolute Gasteiger partial charge is 0.326 e. The molecule has 0 bridgehead atoms. The summed E-state index contributed by atoms with van der Waals surface area (Å²) in [6, 6.07) is 0. The van der Waals surface area contributed by atoms with Gasteiger partial charge in [0.1, 0.15) is 12.6 Å². The van der Waals surface area contributed by atoms with Crippen LogP contribution in [0.4, 0.5) is 0 Å². The minimum Gasteiger partial charge on any atom is -0.461 e. The van der Waals surface area contributed by atoms with Gasteiger partial charge in [0.25, 0.3) is 16.0 Å². The van der Waals surface area contributed by atoms with Crippen LogP contribution in [0.25, 0.3) is 0 Å². The molecule has 124 valence electrons. The average Bonchev–Trinajstić information content (AvgIpc) is 2.69. The molecule has 1 unspecified atom stereocenters. The maximum Gasteiger partial charge on any atom is 0.326 e. The highest BCUT2D eigenvalue weighted by Crippen LogP contribution is 2.22. The van der Waals surface area contributed by atoms with Gasteiger partial charge in [-0.25, -0.2) is 0 Å². The predicted molar refractivity (Wildman–Crippen MR) is 71.0 cm³/mol. The number of esters is 1. The zero-order chi connectivity index (χ0) is 16.5. The van der Waals surface area contributed by atoms with E-state index in [1.807, 2.05) is 0 Å². The fourth-order valence-electron chi connectivity index (χ4n) is 2.57. The van der Waals surface area contributed by atoms with E-state index in [1.165, 1.54) is 0 Å². The minimum absolute atomic E-state index is 0.388. The molecule has 10 heteroatoms. The molecule has 0 spiro atoms. The molecule has 0 aromatic heterocycles. The van der Waals surface area contributed by atoms with Crippen molar-refractivity contribution in [3.8, 4) is 0 Å². The molecule has 1 saturated heterocycles. The van der Waals surface area contributed by atoms with Crippen LogP contribution < -0.4 is 0 Å². The number of imide groups is 1. The second-order valence-corrected chi connectivity index (χ2v) is 7.05. The second-order valence-electron chi connectivity index (χ2n) is 5.45. The molecule has 1 atom stereocenters. The first kappa shape index (κ1) is 16.8. The molecule has 2 fully saturated rings. The number of amides is 2. The van der Waals surface area contributed by atoms with Gasteiger partial charge in [-0.05, 0) is 25.7 Å². The zero-order valence-electron chi connectivity index (χ0n) is 11.7. The summed E-state index contributed by atoms with van der Waals surface area (Å²) in [7, 11) is -4.68. The van der Waals surface area contributed by atoms with Gasteiger partial charge >= 0.3 is 5.97 Å². The van der Waals surface area contributed by atoms with Crippen molar-refractivity contribution in [2.24, 2.45) is 0 Å². The van der Waals surface area contributed by atoms with Crippen LogP contribution in [-0.4, -0.2) is 64.8 Å². The molecular weight excluding hydrogens is 318 g/mol. The molecule has 2 aliphatic rings. The normalized spacial score (nSPS) is 29.7. The monoisotopic (exact) mass is 335 g/mol. The standard InChI is InChI=1S/C12H17NO8S/c14-7-1-3-8(4-2-7)21-11(16)6-13-10(15)5-9(12(13)17)22(18,19)20/h7-9,14H,1-6H2,(H,18,19,20). The molecule has 2 rings (SSSR count). The van der Waals surface area contributed by atoms with Crippen LogP contribution in [0.3, 0.4) is 0 Å². The first-order valence-electron chi connectivity index (χ1n) is 6.86. The number of ether oxygens (including phenoxy) is 1. The number of aliphatic hydroxyl groups is 1. The highest BCUT2D eigenvalue weighted by Gasteiger charge is 2.46. The van der Waals surface area contributed by atoms with Gasteiger partial charge in [0.05, 0.1) is 12.5 Å². The predicted octanol–water partition coefficient (Wildman–Crippen LogP) is -1.15. The number of carbonyl (C=O) groups excluding carboxylic acids is 3. The lowest BCUT2D eigenvalue weighted by Crippen LogP contribution is -2.40. The van der Waals surface area contributed by atoms with Crippen molar-refractivity contribution in [1.29, 1.82) is 0 Å². The Morgan fingerprint density at radius 3 is 2.32 bits per heavy atom. The molecule has 1 saturated carbocycles. The van der Waals surface area contributed by atoms with E-state index in [1.54, 1.807) is 0 Å². The molecule has 0 radical (unpaired) electrons. The Bertz CT molecular complexity index is 578. The van der Waals surface area contributed by atoms with Crippen LogP contribution in [0.5, 0.6) is 0 Å². The third-order valence-electron chi connectivity index (χ3n) is 3.79. The summed E-state index contributed by atoms with van der Waals surface area (Å²) < 4.78 is 36.0. The maximum atomic E-state index is 11.8. The Kier molecular flexibility index (Phi) is 4.83. The molecule has 2 N–H and O–H groups in total. The maximum absolute atomic E-state index is 11.8. The molecule has 9 nitrogen and oxygen atoms in total. The molecule has 1 heterocycles. The Morgan fingerprint density at radius 2 is 1.82 bits per heavy atom. The van der Waals surface area contributed by atoms with E-state index >= 15 is 0 Å². The van der Waals surface area contributed by atoms with Crippen molar-refractivity contribution < 1.29 is 37.2 Å². The summed E-state index contributed by atoms with van der Waals surface area (Å²) in [5, 5.41) is 7.50. The highest BCUT2D eigenvalue weighted by atomic mass is 32.2. The fourth-order valence-corrected chi connectivity index (χ4v) is 3.30. The number of hydrogen-bond acceptors (Lipinski definition) is 7. The third kappa shape index (κ3) is 3.81. The molecule has 1 aliphatic heterocycles. The van der Waals surface area contributed by atoms with Gasteiger partial charge in [-0.2, -0.15) is 8.42 Å². The summed E-state index contributed by atoms with van der Waals surface area (Å²) in [5.74, 6) is -2.79. The topological polar surface area (TPSA) is 138 Å². The molecular formula is C12H17NO8S. The summed E-state index contributed by atoms with van der Waals surface area (Å²) in [4.78, 5) is 35.6. The number of carbonyl (C=O) groups is 3. The third-order valence-corrected chi connectivity index (χ3v) is 4.88. The van der Waals surface area contributed by atoms with Gasteiger partial charge in [0.15, 0.2) is 5.25 Å². The van der Waals surface area contributed by atoms with Gasteiger partial charge in [0.2, 0.25) is 5.91 Å².